The minimum Gasteiger partial charge on any atom is -0.326 e. The first kappa shape index (κ1) is 8.71. The molecule has 0 unspecified atom stereocenters. The summed E-state index contributed by atoms with van der Waals surface area (Å²) in [6.07, 6.45) is 0.837. The van der Waals surface area contributed by atoms with E-state index in [9.17, 15) is 9.59 Å². The zero-order valence-electron chi connectivity index (χ0n) is 6.96. The molecular formula is C9H11NO2. The van der Waals surface area contributed by atoms with Gasteiger partial charge >= 0.3 is 0 Å². The number of Topliss-reactive ketones (excluding diaryl/α,β-unsaturated/α-hetero) is 1. The van der Waals surface area contributed by atoms with E-state index >= 15 is 0 Å². The number of ketones is 1. The molecule has 0 saturated carbocycles. The summed E-state index contributed by atoms with van der Waals surface area (Å²) in [5, 5.41) is 0. The molecule has 1 aromatic rings. The van der Waals surface area contributed by atoms with Crippen LogP contribution in [-0.2, 0) is 11.2 Å². The molecule has 0 bridgehead atoms. The van der Waals surface area contributed by atoms with E-state index in [2.05, 4.69) is 4.98 Å². The van der Waals surface area contributed by atoms with Crippen molar-refractivity contribution in [2.24, 2.45) is 0 Å². The van der Waals surface area contributed by atoms with Crippen LogP contribution in [0.2, 0.25) is 0 Å². The molecule has 0 atom stereocenters. The van der Waals surface area contributed by atoms with E-state index in [0.29, 0.717) is 18.5 Å². The van der Waals surface area contributed by atoms with E-state index in [0.717, 1.165) is 0 Å². The lowest BCUT2D eigenvalue weighted by Crippen LogP contribution is -2.09. The summed E-state index contributed by atoms with van der Waals surface area (Å²) in [5.41, 5.74) is 0.533. The fourth-order valence-corrected chi connectivity index (χ4v) is 0.934. The minimum absolute atomic E-state index is 0.136. The summed E-state index contributed by atoms with van der Waals surface area (Å²) < 4.78 is 0. The average molecular weight is 165 g/mol. The summed E-state index contributed by atoms with van der Waals surface area (Å²) in [7, 11) is 0. The molecule has 12 heavy (non-hydrogen) atoms. The van der Waals surface area contributed by atoms with Crippen LogP contribution in [0, 0.1) is 0 Å². The second-order valence-electron chi connectivity index (χ2n) is 2.61. The number of aromatic nitrogens is 1. The van der Waals surface area contributed by atoms with Gasteiger partial charge in [0, 0.05) is 24.6 Å². The van der Waals surface area contributed by atoms with Gasteiger partial charge in [0.05, 0.1) is 0 Å². The van der Waals surface area contributed by atoms with Crippen molar-refractivity contribution in [1.82, 2.24) is 4.98 Å². The van der Waals surface area contributed by atoms with E-state index in [1.165, 1.54) is 6.07 Å². The topological polar surface area (TPSA) is 49.9 Å². The molecule has 1 N–H and O–H groups in total. The molecule has 1 aromatic heterocycles. The number of hydrogen-bond acceptors (Lipinski definition) is 2. The van der Waals surface area contributed by atoms with Crippen molar-refractivity contribution in [1.29, 1.82) is 0 Å². The molecule has 0 aromatic carbocycles. The zero-order chi connectivity index (χ0) is 8.97. The Morgan fingerprint density at radius 2 is 2.25 bits per heavy atom. The van der Waals surface area contributed by atoms with Crippen molar-refractivity contribution in [3.8, 4) is 0 Å². The quantitative estimate of drug-likeness (QED) is 0.723. The van der Waals surface area contributed by atoms with E-state index in [4.69, 9.17) is 0 Å². The molecule has 0 spiro atoms. The summed E-state index contributed by atoms with van der Waals surface area (Å²) >= 11 is 0. The van der Waals surface area contributed by atoms with Crippen LogP contribution < -0.4 is 5.56 Å². The maximum Gasteiger partial charge on any atom is 0.248 e. The monoisotopic (exact) mass is 165 g/mol. The lowest BCUT2D eigenvalue weighted by molar-refractivity contribution is -0.118. The number of carbonyl (C=O) groups excluding carboxylic acids is 1. The first-order valence-corrected chi connectivity index (χ1v) is 3.92. The van der Waals surface area contributed by atoms with Crippen LogP contribution in [-0.4, -0.2) is 10.8 Å². The molecule has 1 rings (SSSR count). The van der Waals surface area contributed by atoms with Crippen LogP contribution in [0.5, 0.6) is 0 Å². The molecule has 0 amide bonds. The third-order valence-electron chi connectivity index (χ3n) is 1.61. The predicted octanol–water partition coefficient (Wildman–Crippen LogP) is 0.897. The molecule has 0 aliphatic heterocycles. The summed E-state index contributed by atoms with van der Waals surface area (Å²) in [6.45, 7) is 1.81. The van der Waals surface area contributed by atoms with E-state index < -0.39 is 0 Å². The van der Waals surface area contributed by atoms with Gasteiger partial charge in [-0.1, -0.05) is 13.0 Å². The van der Waals surface area contributed by atoms with Gasteiger partial charge in [-0.15, -0.1) is 0 Å². The first-order chi connectivity index (χ1) is 5.72. The Bertz CT molecular complexity index is 327. The predicted molar refractivity (Wildman–Crippen MR) is 46.1 cm³/mol. The third-order valence-corrected chi connectivity index (χ3v) is 1.61. The molecule has 0 fully saturated rings. The van der Waals surface area contributed by atoms with Crippen LogP contribution in [0.1, 0.15) is 19.0 Å². The lowest BCUT2D eigenvalue weighted by Gasteiger charge is -1.96. The Morgan fingerprint density at radius 3 is 2.83 bits per heavy atom. The maximum absolute atomic E-state index is 11.0. The van der Waals surface area contributed by atoms with Gasteiger partial charge < -0.3 is 4.98 Å². The highest BCUT2D eigenvalue weighted by atomic mass is 16.1. The summed E-state index contributed by atoms with van der Waals surface area (Å²) in [4.78, 5) is 24.4. The number of carbonyl (C=O) groups is 1. The molecule has 0 radical (unpaired) electrons. The third kappa shape index (κ3) is 2.34. The summed E-state index contributed by atoms with van der Waals surface area (Å²) in [6, 6.07) is 4.83. The maximum atomic E-state index is 11.0. The Hall–Kier alpha value is -1.38. The van der Waals surface area contributed by atoms with Gasteiger partial charge in [-0.05, 0) is 6.07 Å². The van der Waals surface area contributed by atoms with Crippen LogP contribution in [0.15, 0.2) is 23.0 Å². The number of H-pyrrole nitrogens is 1. The largest absolute Gasteiger partial charge is 0.326 e. The number of hydrogen-bond donors (Lipinski definition) is 1. The highest BCUT2D eigenvalue weighted by Crippen LogP contribution is 1.94. The Kier molecular flexibility index (Phi) is 2.80. The molecule has 0 aliphatic carbocycles. The number of nitrogens with one attached hydrogen (secondary N) is 1. The van der Waals surface area contributed by atoms with Crippen molar-refractivity contribution < 1.29 is 4.79 Å². The van der Waals surface area contributed by atoms with Crippen molar-refractivity contribution >= 4 is 5.78 Å². The Labute approximate surface area is 70.4 Å². The molecule has 0 saturated heterocycles. The Balaban J connectivity index is 2.76. The van der Waals surface area contributed by atoms with Gasteiger partial charge in [-0.2, -0.15) is 0 Å². The van der Waals surface area contributed by atoms with Crippen LogP contribution >= 0.6 is 0 Å². The van der Waals surface area contributed by atoms with Crippen LogP contribution in [0.25, 0.3) is 0 Å². The summed E-state index contributed by atoms with van der Waals surface area (Å²) in [5.74, 6) is 0.136. The molecule has 3 heteroatoms. The SMILES string of the molecule is CCC(=O)Cc1cccc(=O)[nH]1. The van der Waals surface area contributed by atoms with Gasteiger partial charge in [0.25, 0.3) is 0 Å². The van der Waals surface area contributed by atoms with Crippen molar-refractivity contribution in [3.63, 3.8) is 0 Å². The molecule has 3 nitrogen and oxygen atoms in total. The average Bonchev–Trinajstić information content (AvgIpc) is 2.04. The number of aromatic amines is 1. The highest BCUT2D eigenvalue weighted by molar-refractivity contribution is 5.80. The van der Waals surface area contributed by atoms with Gasteiger partial charge in [0.2, 0.25) is 5.56 Å². The van der Waals surface area contributed by atoms with Gasteiger partial charge in [0.15, 0.2) is 0 Å². The first-order valence-electron chi connectivity index (χ1n) is 3.92. The molecular weight excluding hydrogens is 154 g/mol. The van der Waals surface area contributed by atoms with Crippen molar-refractivity contribution in [3.05, 3.63) is 34.2 Å². The highest BCUT2D eigenvalue weighted by Gasteiger charge is 2.00. The van der Waals surface area contributed by atoms with Gasteiger partial charge in [-0.25, -0.2) is 0 Å². The van der Waals surface area contributed by atoms with Gasteiger partial charge in [-0.3, -0.25) is 9.59 Å². The normalized spacial score (nSPS) is 9.75. The number of rotatable bonds is 3. The van der Waals surface area contributed by atoms with E-state index in [1.807, 2.05) is 6.92 Å². The fraction of sp³-hybridized carbons (Fsp3) is 0.333. The van der Waals surface area contributed by atoms with Crippen molar-refractivity contribution in [2.45, 2.75) is 19.8 Å². The zero-order valence-corrected chi connectivity index (χ0v) is 6.96. The smallest absolute Gasteiger partial charge is 0.248 e. The van der Waals surface area contributed by atoms with Crippen molar-refractivity contribution in [2.75, 3.05) is 0 Å². The molecule has 0 aliphatic rings. The van der Waals surface area contributed by atoms with Crippen LogP contribution in [0.3, 0.4) is 0 Å². The fourth-order valence-electron chi connectivity index (χ4n) is 0.934. The van der Waals surface area contributed by atoms with Gasteiger partial charge in [0.1, 0.15) is 5.78 Å². The Morgan fingerprint density at radius 1 is 1.50 bits per heavy atom. The second kappa shape index (κ2) is 3.85. The molecule has 1 heterocycles. The standard InChI is InChI=1S/C9H11NO2/c1-2-8(11)6-7-4-3-5-9(12)10-7/h3-5H,2,6H2,1H3,(H,10,12). The van der Waals surface area contributed by atoms with Crippen LogP contribution in [0.4, 0.5) is 0 Å². The number of pyridine rings is 1. The second-order valence-corrected chi connectivity index (χ2v) is 2.61. The lowest BCUT2D eigenvalue weighted by atomic mass is 10.2. The van der Waals surface area contributed by atoms with E-state index in [1.54, 1.807) is 12.1 Å². The molecule has 64 valence electrons. The van der Waals surface area contributed by atoms with E-state index in [-0.39, 0.29) is 11.3 Å². The minimum atomic E-state index is -0.156.